The number of amides is 2. The fourth-order valence-electron chi connectivity index (χ4n) is 3.29. The standard InChI is InChI=1S/C23H25F6N3O2/c1-15(33)32(10-9-31(2)3)20(17-7-5-4-6-8-17)21(34)30-14-16-11-18(22(24,25)26)13-19(12-16)23(27,28)29/h4-8,11-13,20H,9-10,14H2,1-3H3,(H,30,34)/t20-/m0/s1. The first kappa shape index (κ1) is 27.2. The molecule has 0 aliphatic rings. The molecule has 34 heavy (non-hydrogen) atoms. The highest BCUT2D eigenvalue weighted by Gasteiger charge is 2.37. The minimum atomic E-state index is -5.00. The number of halogens is 6. The number of benzene rings is 2. The van der Waals surface area contributed by atoms with Crippen molar-refractivity contribution >= 4 is 11.8 Å². The first-order valence-electron chi connectivity index (χ1n) is 10.2. The van der Waals surface area contributed by atoms with Crippen LogP contribution in [0.5, 0.6) is 0 Å². The van der Waals surface area contributed by atoms with Gasteiger partial charge in [0.2, 0.25) is 11.8 Å². The van der Waals surface area contributed by atoms with E-state index < -0.39 is 47.9 Å². The number of hydrogen-bond acceptors (Lipinski definition) is 3. The molecule has 0 aromatic heterocycles. The van der Waals surface area contributed by atoms with E-state index in [-0.39, 0.29) is 18.2 Å². The first-order chi connectivity index (χ1) is 15.7. The predicted molar refractivity (Wildman–Crippen MR) is 113 cm³/mol. The minimum absolute atomic E-state index is 0.0246. The van der Waals surface area contributed by atoms with Crippen molar-refractivity contribution in [2.45, 2.75) is 31.9 Å². The van der Waals surface area contributed by atoms with Crippen LogP contribution in [0.1, 0.15) is 35.2 Å². The molecule has 2 aromatic carbocycles. The molecule has 0 fully saturated rings. The van der Waals surface area contributed by atoms with Crippen molar-refractivity contribution in [3.05, 3.63) is 70.8 Å². The summed E-state index contributed by atoms with van der Waals surface area (Å²) in [7, 11) is 3.56. The van der Waals surface area contributed by atoms with E-state index in [1.54, 1.807) is 49.3 Å². The Morgan fingerprint density at radius 2 is 1.41 bits per heavy atom. The van der Waals surface area contributed by atoms with E-state index in [4.69, 9.17) is 0 Å². The number of carbonyl (C=O) groups is 2. The van der Waals surface area contributed by atoms with Crippen LogP contribution in [0.4, 0.5) is 26.3 Å². The van der Waals surface area contributed by atoms with Crippen molar-refractivity contribution < 1.29 is 35.9 Å². The molecule has 1 N–H and O–H groups in total. The van der Waals surface area contributed by atoms with Crippen LogP contribution < -0.4 is 5.32 Å². The fraction of sp³-hybridized carbons (Fsp3) is 0.391. The van der Waals surface area contributed by atoms with Gasteiger partial charge in [0.05, 0.1) is 11.1 Å². The summed E-state index contributed by atoms with van der Waals surface area (Å²) in [6, 6.07) is 8.26. The van der Waals surface area contributed by atoms with Gasteiger partial charge in [0, 0.05) is 26.6 Å². The van der Waals surface area contributed by atoms with Crippen LogP contribution >= 0.6 is 0 Å². The molecule has 0 saturated carbocycles. The average molecular weight is 489 g/mol. The lowest BCUT2D eigenvalue weighted by Gasteiger charge is -2.31. The van der Waals surface area contributed by atoms with E-state index in [0.717, 1.165) is 0 Å². The molecule has 0 aliphatic carbocycles. The van der Waals surface area contributed by atoms with Crippen LogP contribution in [-0.2, 0) is 28.5 Å². The third-order valence-corrected chi connectivity index (χ3v) is 4.98. The number of alkyl halides is 6. The number of nitrogens with one attached hydrogen (secondary N) is 1. The predicted octanol–water partition coefficient (Wildman–Crippen LogP) is 4.49. The molecule has 0 spiro atoms. The molecule has 0 heterocycles. The van der Waals surface area contributed by atoms with E-state index in [1.165, 1.54) is 11.8 Å². The van der Waals surface area contributed by atoms with Crippen molar-refractivity contribution in [1.82, 2.24) is 15.1 Å². The van der Waals surface area contributed by atoms with Crippen molar-refractivity contribution in [2.75, 3.05) is 27.2 Å². The lowest BCUT2D eigenvalue weighted by Crippen LogP contribution is -2.45. The lowest BCUT2D eigenvalue weighted by atomic mass is 10.0. The Morgan fingerprint density at radius 1 is 0.882 bits per heavy atom. The van der Waals surface area contributed by atoms with Gasteiger partial charge in [-0.2, -0.15) is 26.3 Å². The van der Waals surface area contributed by atoms with Gasteiger partial charge in [-0.15, -0.1) is 0 Å². The van der Waals surface area contributed by atoms with Crippen LogP contribution in [0.3, 0.4) is 0 Å². The molecule has 0 saturated heterocycles. The van der Waals surface area contributed by atoms with Crippen LogP contribution in [-0.4, -0.2) is 48.8 Å². The van der Waals surface area contributed by atoms with Gasteiger partial charge in [-0.25, -0.2) is 0 Å². The second-order valence-corrected chi connectivity index (χ2v) is 7.96. The van der Waals surface area contributed by atoms with Crippen molar-refractivity contribution in [3.8, 4) is 0 Å². The van der Waals surface area contributed by atoms with Gasteiger partial charge >= 0.3 is 12.4 Å². The average Bonchev–Trinajstić information content (AvgIpc) is 2.73. The van der Waals surface area contributed by atoms with Crippen LogP contribution in [0.15, 0.2) is 48.5 Å². The zero-order chi connectivity index (χ0) is 25.7. The summed E-state index contributed by atoms with van der Waals surface area (Å²) in [5.41, 5.74) is -2.86. The summed E-state index contributed by atoms with van der Waals surface area (Å²) < 4.78 is 78.8. The quantitative estimate of drug-likeness (QED) is 0.556. The third kappa shape index (κ3) is 7.47. The Labute approximate surface area is 193 Å². The zero-order valence-corrected chi connectivity index (χ0v) is 18.8. The van der Waals surface area contributed by atoms with Crippen molar-refractivity contribution in [3.63, 3.8) is 0 Å². The van der Waals surface area contributed by atoms with Gasteiger partial charge in [0.15, 0.2) is 0 Å². The summed E-state index contributed by atoms with van der Waals surface area (Å²) >= 11 is 0. The summed E-state index contributed by atoms with van der Waals surface area (Å²) in [4.78, 5) is 28.6. The van der Waals surface area contributed by atoms with E-state index in [1.807, 2.05) is 0 Å². The number of likely N-dealkylation sites (N-methyl/N-ethyl adjacent to an activating group) is 1. The zero-order valence-electron chi connectivity index (χ0n) is 18.8. The van der Waals surface area contributed by atoms with Crippen LogP contribution in [0.2, 0.25) is 0 Å². The highest BCUT2D eigenvalue weighted by Crippen LogP contribution is 2.36. The van der Waals surface area contributed by atoms with Crippen molar-refractivity contribution in [1.29, 1.82) is 0 Å². The molecule has 2 rings (SSSR count). The molecule has 2 aromatic rings. The topological polar surface area (TPSA) is 52.7 Å². The summed E-state index contributed by atoms with van der Waals surface area (Å²) in [6.45, 7) is 1.30. The summed E-state index contributed by atoms with van der Waals surface area (Å²) in [5, 5.41) is 2.40. The van der Waals surface area contributed by atoms with E-state index in [9.17, 15) is 35.9 Å². The third-order valence-electron chi connectivity index (χ3n) is 4.98. The molecule has 1 atom stereocenters. The Bertz CT molecular complexity index is 958. The molecule has 5 nitrogen and oxygen atoms in total. The summed E-state index contributed by atoms with van der Waals surface area (Å²) in [6.07, 6.45) is -9.99. The minimum Gasteiger partial charge on any atom is -0.350 e. The maximum atomic E-state index is 13.1. The van der Waals surface area contributed by atoms with Gasteiger partial charge in [0.25, 0.3) is 0 Å². The normalized spacial score (nSPS) is 13.0. The van der Waals surface area contributed by atoms with Crippen molar-refractivity contribution in [2.24, 2.45) is 0 Å². The first-order valence-corrected chi connectivity index (χ1v) is 10.2. The van der Waals surface area contributed by atoms with Gasteiger partial charge in [-0.1, -0.05) is 30.3 Å². The molecule has 0 aliphatic heterocycles. The Hall–Kier alpha value is -3.08. The van der Waals surface area contributed by atoms with Gasteiger partial charge in [-0.05, 0) is 43.4 Å². The second kappa shape index (κ2) is 10.9. The molecule has 186 valence electrons. The molecule has 0 bridgehead atoms. The largest absolute Gasteiger partial charge is 0.416 e. The highest BCUT2D eigenvalue weighted by molar-refractivity contribution is 5.88. The number of nitrogens with zero attached hydrogens (tertiary/aromatic N) is 2. The fourth-order valence-corrected chi connectivity index (χ4v) is 3.29. The molecule has 11 heteroatoms. The molecular weight excluding hydrogens is 464 g/mol. The molecule has 0 unspecified atom stereocenters. The Morgan fingerprint density at radius 3 is 1.85 bits per heavy atom. The number of carbonyl (C=O) groups excluding carboxylic acids is 2. The van der Waals surface area contributed by atoms with Gasteiger partial charge in [0.1, 0.15) is 6.04 Å². The Balaban J connectivity index is 2.36. The second-order valence-electron chi connectivity index (χ2n) is 7.96. The van der Waals surface area contributed by atoms with Crippen LogP contribution in [0.25, 0.3) is 0 Å². The lowest BCUT2D eigenvalue weighted by molar-refractivity contribution is -0.143. The maximum absolute atomic E-state index is 13.1. The van der Waals surface area contributed by atoms with E-state index in [2.05, 4.69) is 5.32 Å². The Kier molecular flexibility index (Phi) is 8.71. The maximum Gasteiger partial charge on any atom is 0.416 e. The SMILES string of the molecule is CC(=O)N(CCN(C)C)[C@H](C(=O)NCc1cc(C(F)(F)F)cc(C(F)(F)F)c1)c1ccccc1. The highest BCUT2D eigenvalue weighted by atomic mass is 19.4. The molecule has 0 radical (unpaired) electrons. The molecular formula is C23H25F6N3O2. The number of rotatable bonds is 8. The number of hydrogen-bond donors (Lipinski definition) is 1. The van der Waals surface area contributed by atoms with E-state index >= 15 is 0 Å². The summed E-state index contributed by atoms with van der Waals surface area (Å²) in [5.74, 6) is -1.14. The van der Waals surface area contributed by atoms with Gasteiger partial charge in [-0.3, -0.25) is 9.59 Å². The smallest absolute Gasteiger partial charge is 0.350 e. The van der Waals surface area contributed by atoms with E-state index in [0.29, 0.717) is 24.2 Å². The van der Waals surface area contributed by atoms with Crippen LogP contribution in [0, 0.1) is 0 Å². The molecule has 2 amide bonds. The van der Waals surface area contributed by atoms with Gasteiger partial charge < -0.3 is 15.1 Å². The monoisotopic (exact) mass is 489 g/mol.